The molecule has 1 saturated carbocycles. The number of hydrogen-bond acceptors (Lipinski definition) is 2. The van der Waals surface area contributed by atoms with Gasteiger partial charge in [0.25, 0.3) is 0 Å². The Hall–Kier alpha value is -0.0800. The van der Waals surface area contributed by atoms with Gasteiger partial charge in [0, 0.05) is 13.2 Å². The van der Waals surface area contributed by atoms with Crippen LogP contribution in [0.5, 0.6) is 0 Å². The molecule has 0 bridgehead atoms. The summed E-state index contributed by atoms with van der Waals surface area (Å²) in [6.07, 6.45) is 5.43. The lowest BCUT2D eigenvalue weighted by Gasteiger charge is -2.10. The van der Waals surface area contributed by atoms with E-state index in [2.05, 4.69) is 0 Å². The zero-order valence-electron chi connectivity index (χ0n) is 6.88. The average Bonchev–Trinajstić information content (AvgIpc) is 2.53. The summed E-state index contributed by atoms with van der Waals surface area (Å²) in [4.78, 5) is 0. The van der Waals surface area contributed by atoms with Gasteiger partial charge in [-0.1, -0.05) is 0 Å². The minimum absolute atomic E-state index is 0.247. The predicted molar refractivity (Wildman–Crippen MR) is 42.3 cm³/mol. The maximum absolute atomic E-state index is 9.55. The molecule has 1 heterocycles. The SMILES string of the molecule is OC1(CCC2CCOC2)CC1. The standard InChI is InChI=1S/C9H16O2/c10-9(4-5-9)3-1-8-2-6-11-7-8/h8,10H,1-7H2. The summed E-state index contributed by atoms with van der Waals surface area (Å²) in [7, 11) is 0. The fourth-order valence-corrected chi connectivity index (χ4v) is 1.68. The molecular weight excluding hydrogens is 140 g/mol. The minimum Gasteiger partial charge on any atom is -0.390 e. The maximum Gasteiger partial charge on any atom is 0.0650 e. The molecule has 0 aromatic carbocycles. The second-order valence-corrected chi connectivity index (χ2v) is 3.99. The molecule has 2 fully saturated rings. The normalized spacial score (nSPS) is 34.1. The minimum atomic E-state index is -0.247. The van der Waals surface area contributed by atoms with Crippen molar-refractivity contribution in [3.05, 3.63) is 0 Å². The van der Waals surface area contributed by atoms with Crippen LogP contribution in [0.2, 0.25) is 0 Å². The fraction of sp³-hybridized carbons (Fsp3) is 1.00. The lowest BCUT2D eigenvalue weighted by Crippen LogP contribution is -2.10. The van der Waals surface area contributed by atoms with Crippen molar-refractivity contribution in [2.24, 2.45) is 5.92 Å². The van der Waals surface area contributed by atoms with Crippen molar-refractivity contribution in [3.63, 3.8) is 0 Å². The van der Waals surface area contributed by atoms with Crippen LogP contribution in [-0.4, -0.2) is 23.9 Å². The quantitative estimate of drug-likeness (QED) is 0.668. The van der Waals surface area contributed by atoms with Crippen LogP contribution >= 0.6 is 0 Å². The van der Waals surface area contributed by atoms with Gasteiger partial charge in [-0.25, -0.2) is 0 Å². The van der Waals surface area contributed by atoms with Gasteiger partial charge in [-0.2, -0.15) is 0 Å². The van der Waals surface area contributed by atoms with Crippen LogP contribution in [0.15, 0.2) is 0 Å². The summed E-state index contributed by atoms with van der Waals surface area (Å²) in [5.41, 5.74) is -0.247. The van der Waals surface area contributed by atoms with E-state index >= 15 is 0 Å². The first-order chi connectivity index (χ1) is 5.29. The number of aliphatic hydroxyl groups is 1. The summed E-state index contributed by atoms with van der Waals surface area (Å²) >= 11 is 0. The number of ether oxygens (including phenoxy) is 1. The van der Waals surface area contributed by atoms with Crippen LogP contribution in [0.1, 0.15) is 32.1 Å². The van der Waals surface area contributed by atoms with Crippen LogP contribution in [0.3, 0.4) is 0 Å². The third-order valence-corrected chi connectivity index (χ3v) is 2.87. The Bertz CT molecular complexity index is 134. The molecule has 0 amide bonds. The molecule has 2 aliphatic rings. The second kappa shape index (κ2) is 2.76. The molecule has 2 heteroatoms. The zero-order valence-corrected chi connectivity index (χ0v) is 6.88. The molecule has 1 aliphatic heterocycles. The molecule has 0 radical (unpaired) electrons. The van der Waals surface area contributed by atoms with Crippen molar-refractivity contribution in [3.8, 4) is 0 Å². The summed E-state index contributed by atoms with van der Waals surface area (Å²) in [6.45, 7) is 1.86. The monoisotopic (exact) mass is 156 g/mol. The third-order valence-electron chi connectivity index (χ3n) is 2.87. The molecular formula is C9H16O2. The van der Waals surface area contributed by atoms with Gasteiger partial charge < -0.3 is 9.84 Å². The summed E-state index contributed by atoms with van der Waals surface area (Å²) in [5, 5.41) is 9.55. The van der Waals surface area contributed by atoms with E-state index in [0.717, 1.165) is 44.8 Å². The van der Waals surface area contributed by atoms with Crippen molar-refractivity contribution >= 4 is 0 Å². The van der Waals surface area contributed by atoms with Gasteiger partial charge in [-0.15, -0.1) is 0 Å². The molecule has 1 saturated heterocycles. The highest BCUT2D eigenvalue weighted by atomic mass is 16.5. The largest absolute Gasteiger partial charge is 0.390 e. The molecule has 1 aliphatic carbocycles. The Morgan fingerprint density at radius 1 is 1.45 bits per heavy atom. The second-order valence-electron chi connectivity index (χ2n) is 3.99. The van der Waals surface area contributed by atoms with E-state index in [0.29, 0.717) is 0 Å². The summed E-state index contributed by atoms with van der Waals surface area (Å²) in [5.74, 6) is 0.736. The molecule has 11 heavy (non-hydrogen) atoms. The Morgan fingerprint density at radius 2 is 2.27 bits per heavy atom. The van der Waals surface area contributed by atoms with E-state index in [4.69, 9.17) is 4.74 Å². The first-order valence-electron chi connectivity index (χ1n) is 4.59. The molecule has 0 aromatic heterocycles. The lowest BCUT2D eigenvalue weighted by atomic mass is 10.00. The van der Waals surface area contributed by atoms with Crippen LogP contribution in [0, 0.1) is 5.92 Å². The van der Waals surface area contributed by atoms with Crippen molar-refractivity contribution in [1.29, 1.82) is 0 Å². The van der Waals surface area contributed by atoms with Gasteiger partial charge >= 0.3 is 0 Å². The highest BCUT2D eigenvalue weighted by molar-refractivity contribution is 4.93. The topological polar surface area (TPSA) is 29.5 Å². The molecule has 2 rings (SSSR count). The Kier molecular flexibility index (Phi) is 1.90. The zero-order chi connectivity index (χ0) is 7.73. The highest BCUT2D eigenvalue weighted by Crippen LogP contribution is 2.40. The smallest absolute Gasteiger partial charge is 0.0650 e. The van der Waals surface area contributed by atoms with Gasteiger partial charge in [0.2, 0.25) is 0 Å². The van der Waals surface area contributed by atoms with Crippen LogP contribution in [-0.2, 0) is 4.74 Å². The van der Waals surface area contributed by atoms with E-state index in [-0.39, 0.29) is 5.60 Å². The lowest BCUT2D eigenvalue weighted by molar-refractivity contribution is 0.126. The fourth-order valence-electron chi connectivity index (χ4n) is 1.68. The van der Waals surface area contributed by atoms with Crippen molar-refractivity contribution < 1.29 is 9.84 Å². The Labute approximate surface area is 67.6 Å². The predicted octanol–water partition coefficient (Wildman–Crippen LogP) is 1.33. The van der Waals surface area contributed by atoms with Gasteiger partial charge in [0.1, 0.15) is 0 Å². The Balaban J connectivity index is 1.65. The van der Waals surface area contributed by atoms with Crippen molar-refractivity contribution in [2.75, 3.05) is 13.2 Å². The molecule has 64 valence electrons. The van der Waals surface area contributed by atoms with E-state index < -0.39 is 0 Å². The number of rotatable bonds is 3. The number of hydrogen-bond donors (Lipinski definition) is 1. The van der Waals surface area contributed by atoms with E-state index in [1.165, 1.54) is 6.42 Å². The average molecular weight is 156 g/mol. The molecule has 2 nitrogen and oxygen atoms in total. The molecule has 1 atom stereocenters. The third kappa shape index (κ3) is 1.94. The van der Waals surface area contributed by atoms with Gasteiger partial charge in [-0.3, -0.25) is 0 Å². The van der Waals surface area contributed by atoms with Crippen molar-refractivity contribution in [2.45, 2.75) is 37.7 Å². The van der Waals surface area contributed by atoms with Gasteiger partial charge in [0.05, 0.1) is 5.60 Å². The molecule has 1 N–H and O–H groups in total. The molecule has 1 unspecified atom stereocenters. The van der Waals surface area contributed by atoms with Crippen LogP contribution in [0.4, 0.5) is 0 Å². The van der Waals surface area contributed by atoms with Crippen molar-refractivity contribution in [1.82, 2.24) is 0 Å². The van der Waals surface area contributed by atoms with E-state index in [1.807, 2.05) is 0 Å². The molecule has 0 spiro atoms. The van der Waals surface area contributed by atoms with Gasteiger partial charge in [-0.05, 0) is 38.0 Å². The Morgan fingerprint density at radius 3 is 2.82 bits per heavy atom. The van der Waals surface area contributed by atoms with Crippen LogP contribution < -0.4 is 0 Å². The first kappa shape index (κ1) is 7.56. The van der Waals surface area contributed by atoms with Gasteiger partial charge in [0.15, 0.2) is 0 Å². The summed E-state index contributed by atoms with van der Waals surface area (Å²) in [6, 6.07) is 0. The van der Waals surface area contributed by atoms with E-state index in [1.54, 1.807) is 0 Å². The summed E-state index contributed by atoms with van der Waals surface area (Å²) < 4.78 is 5.26. The highest BCUT2D eigenvalue weighted by Gasteiger charge is 2.40. The van der Waals surface area contributed by atoms with Crippen LogP contribution in [0.25, 0.3) is 0 Å². The maximum atomic E-state index is 9.55. The first-order valence-corrected chi connectivity index (χ1v) is 4.59. The van der Waals surface area contributed by atoms with E-state index in [9.17, 15) is 5.11 Å². The molecule has 0 aromatic rings.